The van der Waals surface area contributed by atoms with E-state index in [1.165, 1.54) is 36.4 Å². The molecule has 1 atom stereocenters. The number of nitrogens with zero attached hydrogens (tertiary/aromatic N) is 1. The fraction of sp³-hybridized carbons (Fsp3) is 0.235. The quantitative estimate of drug-likeness (QED) is 0.873. The number of carbonyl (C=O) groups excluding carboxylic acids is 1. The van der Waals surface area contributed by atoms with Gasteiger partial charge in [-0.2, -0.15) is 4.31 Å². The molecular formula is C17H15FN2O5S. The van der Waals surface area contributed by atoms with Crippen molar-refractivity contribution in [3.63, 3.8) is 0 Å². The number of hydrogen-bond acceptors (Lipinski definition) is 5. The summed E-state index contributed by atoms with van der Waals surface area (Å²) in [5, 5.41) is 2.60. The number of amides is 1. The van der Waals surface area contributed by atoms with E-state index < -0.39 is 27.8 Å². The van der Waals surface area contributed by atoms with E-state index in [2.05, 4.69) is 5.32 Å². The van der Waals surface area contributed by atoms with Crippen LogP contribution < -0.4 is 14.8 Å². The van der Waals surface area contributed by atoms with Crippen LogP contribution in [-0.2, 0) is 14.8 Å². The first-order chi connectivity index (χ1) is 12.5. The lowest BCUT2D eigenvalue weighted by atomic mass is 10.0. The molecule has 1 unspecified atom stereocenters. The average Bonchev–Trinajstić information content (AvgIpc) is 3.10. The topological polar surface area (TPSA) is 84.9 Å². The Morgan fingerprint density at radius 2 is 1.88 bits per heavy atom. The summed E-state index contributed by atoms with van der Waals surface area (Å²) in [7, 11) is -4.06. The van der Waals surface area contributed by atoms with E-state index in [4.69, 9.17) is 9.47 Å². The number of carbonyl (C=O) groups is 1. The number of ether oxygens (including phenoxy) is 2. The van der Waals surface area contributed by atoms with Crippen molar-refractivity contribution in [1.82, 2.24) is 9.62 Å². The van der Waals surface area contributed by atoms with Crippen molar-refractivity contribution in [2.24, 2.45) is 0 Å². The molecule has 0 aromatic heterocycles. The van der Waals surface area contributed by atoms with E-state index in [1.54, 1.807) is 6.07 Å². The zero-order valence-corrected chi connectivity index (χ0v) is 14.3. The summed E-state index contributed by atoms with van der Waals surface area (Å²) in [6.07, 6.45) is 0. The van der Waals surface area contributed by atoms with Gasteiger partial charge in [-0.15, -0.1) is 0 Å². The molecule has 0 aliphatic carbocycles. The molecule has 2 aromatic rings. The molecule has 136 valence electrons. The highest BCUT2D eigenvalue weighted by molar-refractivity contribution is 7.89. The fourth-order valence-corrected chi connectivity index (χ4v) is 4.66. The lowest BCUT2D eigenvalue weighted by Crippen LogP contribution is -2.52. The molecule has 0 radical (unpaired) electrons. The molecule has 9 heteroatoms. The summed E-state index contributed by atoms with van der Waals surface area (Å²) in [6.45, 7) is 0.192. The highest BCUT2D eigenvalue weighted by atomic mass is 32.2. The van der Waals surface area contributed by atoms with Crippen LogP contribution in [0.1, 0.15) is 11.6 Å². The van der Waals surface area contributed by atoms with Gasteiger partial charge in [0.05, 0.1) is 4.90 Å². The molecule has 1 fully saturated rings. The number of rotatable bonds is 3. The zero-order valence-electron chi connectivity index (χ0n) is 13.5. The average molecular weight is 378 g/mol. The van der Waals surface area contributed by atoms with E-state index in [0.29, 0.717) is 11.5 Å². The molecule has 2 aromatic carbocycles. The first-order valence-electron chi connectivity index (χ1n) is 7.92. The van der Waals surface area contributed by atoms with Crippen LogP contribution in [0.5, 0.6) is 11.5 Å². The van der Waals surface area contributed by atoms with Crippen LogP contribution in [0.3, 0.4) is 0 Å². The first kappa shape index (κ1) is 16.8. The lowest BCUT2D eigenvalue weighted by Gasteiger charge is -2.34. The second kappa shape index (κ2) is 6.26. The predicted octanol–water partition coefficient (Wildman–Crippen LogP) is 1.42. The monoisotopic (exact) mass is 378 g/mol. The Balaban J connectivity index is 1.78. The van der Waals surface area contributed by atoms with Crippen molar-refractivity contribution in [3.8, 4) is 11.5 Å². The van der Waals surface area contributed by atoms with Crippen LogP contribution in [0.4, 0.5) is 4.39 Å². The van der Waals surface area contributed by atoms with Gasteiger partial charge < -0.3 is 14.8 Å². The Morgan fingerprint density at radius 3 is 2.69 bits per heavy atom. The largest absolute Gasteiger partial charge is 0.454 e. The lowest BCUT2D eigenvalue weighted by molar-refractivity contribution is -0.127. The Kier molecular flexibility index (Phi) is 4.04. The number of piperazine rings is 1. The molecule has 1 amide bonds. The molecule has 26 heavy (non-hydrogen) atoms. The highest BCUT2D eigenvalue weighted by Gasteiger charge is 2.41. The number of hydrogen-bond donors (Lipinski definition) is 1. The minimum absolute atomic E-state index is 0.00835. The van der Waals surface area contributed by atoms with Crippen LogP contribution >= 0.6 is 0 Å². The highest BCUT2D eigenvalue weighted by Crippen LogP contribution is 2.37. The van der Waals surface area contributed by atoms with Crippen molar-refractivity contribution in [2.45, 2.75) is 10.9 Å². The Bertz CT molecular complexity index is 979. The molecule has 4 rings (SSSR count). The van der Waals surface area contributed by atoms with Gasteiger partial charge in [-0.1, -0.05) is 18.2 Å². The normalized spacial score (nSPS) is 20.0. The zero-order chi connectivity index (χ0) is 18.3. The molecule has 7 nitrogen and oxygen atoms in total. The Hall–Kier alpha value is -2.65. The number of nitrogens with one attached hydrogen (secondary N) is 1. The van der Waals surface area contributed by atoms with E-state index in [1.807, 2.05) is 0 Å². The van der Waals surface area contributed by atoms with Crippen LogP contribution in [0, 0.1) is 5.82 Å². The fourth-order valence-electron chi connectivity index (χ4n) is 3.07. The van der Waals surface area contributed by atoms with E-state index >= 15 is 0 Å². The summed E-state index contributed by atoms with van der Waals surface area (Å²) in [4.78, 5) is 12.4. The summed E-state index contributed by atoms with van der Waals surface area (Å²) >= 11 is 0. The van der Waals surface area contributed by atoms with E-state index in [0.717, 1.165) is 4.31 Å². The summed E-state index contributed by atoms with van der Waals surface area (Å²) in [6, 6.07) is 8.60. The van der Waals surface area contributed by atoms with Gasteiger partial charge in [0, 0.05) is 24.7 Å². The molecule has 1 saturated heterocycles. The van der Waals surface area contributed by atoms with Crippen molar-refractivity contribution in [1.29, 1.82) is 0 Å². The molecule has 0 bridgehead atoms. The smallest absolute Gasteiger partial charge is 0.244 e. The molecule has 2 aliphatic heterocycles. The molecular weight excluding hydrogens is 363 g/mol. The maximum atomic E-state index is 14.3. The number of sulfonamides is 1. The third-order valence-electron chi connectivity index (χ3n) is 4.32. The van der Waals surface area contributed by atoms with Gasteiger partial charge in [-0.25, -0.2) is 12.8 Å². The number of fused-ring (bicyclic) bond motifs is 1. The summed E-state index contributed by atoms with van der Waals surface area (Å²) in [5.41, 5.74) is 0.00835. The van der Waals surface area contributed by atoms with Gasteiger partial charge in [0.15, 0.2) is 11.5 Å². The number of benzene rings is 2. The van der Waals surface area contributed by atoms with Crippen molar-refractivity contribution < 1.29 is 27.1 Å². The van der Waals surface area contributed by atoms with Crippen molar-refractivity contribution in [3.05, 3.63) is 53.8 Å². The predicted molar refractivity (Wildman–Crippen MR) is 88.6 cm³/mol. The van der Waals surface area contributed by atoms with Crippen LogP contribution in [0.15, 0.2) is 47.4 Å². The van der Waals surface area contributed by atoms with Gasteiger partial charge in [0.2, 0.25) is 22.7 Å². The first-order valence-corrected chi connectivity index (χ1v) is 9.36. The Morgan fingerprint density at radius 1 is 1.12 bits per heavy atom. The Labute approximate surface area is 149 Å². The maximum Gasteiger partial charge on any atom is 0.244 e. The third-order valence-corrected chi connectivity index (χ3v) is 6.18. The molecule has 0 saturated carbocycles. The van der Waals surface area contributed by atoms with Crippen LogP contribution in [0.2, 0.25) is 0 Å². The second-order valence-electron chi connectivity index (χ2n) is 5.85. The minimum Gasteiger partial charge on any atom is -0.454 e. The van der Waals surface area contributed by atoms with Gasteiger partial charge in [0.1, 0.15) is 11.9 Å². The third kappa shape index (κ3) is 2.69. The van der Waals surface area contributed by atoms with E-state index in [9.17, 15) is 17.6 Å². The maximum absolute atomic E-state index is 14.3. The van der Waals surface area contributed by atoms with Gasteiger partial charge in [-0.3, -0.25) is 4.79 Å². The van der Waals surface area contributed by atoms with Gasteiger partial charge >= 0.3 is 0 Å². The SMILES string of the molecule is O=C1NCCN(S(=O)(=O)c2ccc3c(c2)OCO3)C1c1ccccc1F. The molecule has 2 heterocycles. The van der Waals surface area contributed by atoms with Gasteiger partial charge in [-0.05, 0) is 18.2 Å². The van der Waals surface area contributed by atoms with E-state index in [-0.39, 0.29) is 30.3 Å². The standard InChI is InChI=1S/C17H15FN2O5S/c18-13-4-2-1-3-12(13)16-17(21)19-7-8-20(16)26(22,23)11-5-6-14-15(9-11)25-10-24-14/h1-6,9,16H,7-8,10H2,(H,19,21). The van der Waals surface area contributed by atoms with Crippen LogP contribution in [-0.4, -0.2) is 38.5 Å². The van der Waals surface area contributed by atoms with Crippen LogP contribution in [0.25, 0.3) is 0 Å². The summed E-state index contributed by atoms with van der Waals surface area (Å²) < 4.78 is 52.0. The molecule has 0 spiro atoms. The number of halogens is 1. The van der Waals surface area contributed by atoms with Crippen molar-refractivity contribution >= 4 is 15.9 Å². The minimum atomic E-state index is -4.06. The van der Waals surface area contributed by atoms with Gasteiger partial charge in [0.25, 0.3) is 0 Å². The van der Waals surface area contributed by atoms with Crippen molar-refractivity contribution in [2.75, 3.05) is 19.9 Å². The second-order valence-corrected chi connectivity index (χ2v) is 7.74. The molecule has 1 N–H and O–H groups in total. The summed E-state index contributed by atoms with van der Waals surface area (Å²) in [5.74, 6) is -0.438. The molecule has 2 aliphatic rings.